The van der Waals surface area contributed by atoms with Crippen molar-refractivity contribution in [2.75, 3.05) is 56.2 Å². The van der Waals surface area contributed by atoms with Gasteiger partial charge in [-0.15, -0.1) is 20.4 Å². The van der Waals surface area contributed by atoms with E-state index in [1.165, 1.54) is 76.0 Å². The first-order chi connectivity index (χ1) is 32.4. The van der Waals surface area contributed by atoms with Crippen LogP contribution in [0, 0.1) is 17.6 Å². The van der Waals surface area contributed by atoms with E-state index in [1.807, 2.05) is 31.2 Å². The van der Waals surface area contributed by atoms with Gasteiger partial charge in [0.05, 0.1) is 30.2 Å². The molecule has 1 aliphatic heterocycles. The number of rotatable bonds is 20. The summed E-state index contributed by atoms with van der Waals surface area (Å²) in [5.74, 6) is -4.38. The zero-order chi connectivity index (χ0) is 47.9. The van der Waals surface area contributed by atoms with Crippen molar-refractivity contribution in [3.63, 3.8) is 0 Å². The van der Waals surface area contributed by atoms with Crippen LogP contribution in [0.5, 0.6) is 0 Å². The Morgan fingerprint density at radius 3 is 1.75 bits per heavy atom. The number of aromatic nitrogens is 4. The molecule has 67 heavy (non-hydrogen) atoms. The standard InChI is InChI=1S/C24H25FN4O4S.C23H23FN4O4S/c1-2-3-15-29(23(33)18-7-4-5-8-19(18)25)24-28-27-22(34-24)17-12-10-16(11-13-17)21(32)26-14-6-9-20(30)31;1-32-11-10-28(21(29)18-4-2-3-5-19(18)24)23-26-25-20(33-23)16-8-6-15(7-9-16)12-27-13-17(14-27)22(30)31/h4-5,7-8,10-13H,2-3,6,9,14-15H2,1H3,(H,26,32)(H,30,31);2-9,17H,10-14H2,1H3,(H,30,31). The van der Waals surface area contributed by atoms with Gasteiger partial charge >= 0.3 is 11.9 Å². The molecule has 2 aromatic heterocycles. The van der Waals surface area contributed by atoms with Gasteiger partial charge in [-0.3, -0.25) is 38.7 Å². The number of hydrogen-bond acceptors (Lipinski definition) is 13. The lowest BCUT2D eigenvalue weighted by Crippen LogP contribution is -2.49. The van der Waals surface area contributed by atoms with Gasteiger partial charge in [-0.25, -0.2) is 8.78 Å². The Hall–Kier alpha value is -6.87. The smallest absolute Gasteiger partial charge is 0.309 e. The number of benzene rings is 4. The molecule has 1 fully saturated rings. The van der Waals surface area contributed by atoms with Crippen LogP contribution >= 0.6 is 22.7 Å². The number of hydrogen-bond donors (Lipinski definition) is 3. The molecule has 0 bridgehead atoms. The van der Waals surface area contributed by atoms with E-state index >= 15 is 0 Å². The van der Waals surface area contributed by atoms with Crippen LogP contribution in [0.25, 0.3) is 21.1 Å². The van der Waals surface area contributed by atoms with Crippen molar-refractivity contribution < 1.29 is 47.7 Å². The number of carboxylic acids is 2. The molecule has 0 saturated carbocycles. The second kappa shape index (κ2) is 24.1. The average molecular weight is 955 g/mol. The number of anilines is 2. The molecule has 0 spiro atoms. The summed E-state index contributed by atoms with van der Waals surface area (Å²) in [6.45, 7) is 4.95. The van der Waals surface area contributed by atoms with Gasteiger partial charge in [0, 0.05) is 62.9 Å². The van der Waals surface area contributed by atoms with Crippen LogP contribution in [0.2, 0.25) is 0 Å². The van der Waals surface area contributed by atoms with Gasteiger partial charge in [0.2, 0.25) is 10.3 Å². The molecule has 1 aliphatic rings. The molecule has 0 unspecified atom stereocenters. The number of halogens is 2. The third kappa shape index (κ3) is 13.4. The van der Waals surface area contributed by atoms with E-state index in [2.05, 4.69) is 30.6 Å². The van der Waals surface area contributed by atoms with Gasteiger partial charge in [0.1, 0.15) is 21.6 Å². The van der Waals surface area contributed by atoms with Crippen molar-refractivity contribution in [1.29, 1.82) is 0 Å². The summed E-state index contributed by atoms with van der Waals surface area (Å²) in [6.07, 6.45) is 1.93. The van der Waals surface area contributed by atoms with Gasteiger partial charge in [-0.05, 0) is 54.8 Å². The molecule has 6 aromatic rings. The van der Waals surface area contributed by atoms with Crippen LogP contribution in [0.15, 0.2) is 97.1 Å². The predicted octanol–water partition coefficient (Wildman–Crippen LogP) is 7.54. The number of likely N-dealkylation sites (tertiary alicyclic amines) is 1. The van der Waals surface area contributed by atoms with Crippen LogP contribution in [0.4, 0.5) is 19.0 Å². The molecule has 350 valence electrons. The number of unbranched alkanes of at least 4 members (excludes halogenated alkanes) is 1. The minimum Gasteiger partial charge on any atom is -0.481 e. The highest BCUT2D eigenvalue weighted by Crippen LogP contribution is 2.32. The van der Waals surface area contributed by atoms with Crippen LogP contribution in [-0.4, -0.2) is 112 Å². The summed E-state index contributed by atoms with van der Waals surface area (Å²) in [5, 5.41) is 39.0. The zero-order valence-corrected chi connectivity index (χ0v) is 38.3. The van der Waals surface area contributed by atoms with Gasteiger partial charge in [0.25, 0.3) is 17.7 Å². The molecule has 0 aliphatic carbocycles. The topological polar surface area (TPSA) is 208 Å². The monoisotopic (exact) mass is 954 g/mol. The highest BCUT2D eigenvalue weighted by molar-refractivity contribution is 7.19. The van der Waals surface area contributed by atoms with Crippen molar-refractivity contribution in [1.82, 2.24) is 30.6 Å². The summed E-state index contributed by atoms with van der Waals surface area (Å²) < 4.78 is 33.5. The number of carboxylic acid groups (broad SMARTS) is 2. The largest absolute Gasteiger partial charge is 0.481 e. The number of nitrogens with zero attached hydrogens (tertiary/aromatic N) is 7. The van der Waals surface area contributed by atoms with Crippen molar-refractivity contribution in [3.8, 4) is 21.1 Å². The summed E-state index contributed by atoms with van der Waals surface area (Å²) in [5.41, 5.74) is 3.02. The molecule has 3 amide bonds. The minimum absolute atomic E-state index is 0.00666. The number of amides is 3. The van der Waals surface area contributed by atoms with E-state index in [1.54, 1.807) is 36.4 Å². The van der Waals surface area contributed by atoms with E-state index in [4.69, 9.17) is 14.9 Å². The SMILES string of the molecule is CCCCN(C(=O)c1ccccc1F)c1nnc(-c2ccc(C(=O)NCCCC(=O)O)cc2)s1.COCCN(C(=O)c1ccccc1F)c1nnc(-c2ccc(CN3CC(C(=O)O)C3)cc2)s1. The second-order valence-corrected chi connectivity index (χ2v) is 17.2. The van der Waals surface area contributed by atoms with Crippen molar-refractivity contribution >= 4 is 62.6 Å². The lowest BCUT2D eigenvalue weighted by molar-refractivity contribution is -0.147. The Labute approximate surface area is 392 Å². The first-order valence-electron chi connectivity index (χ1n) is 21.3. The fourth-order valence-corrected chi connectivity index (χ4v) is 8.43. The first kappa shape index (κ1) is 49.6. The normalized spacial score (nSPS) is 12.4. The number of carbonyl (C=O) groups excluding carboxylic acids is 3. The Bertz CT molecular complexity index is 2640. The molecular weight excluding hydrogens is 907 g/mol. The lowest BCUT2D eigenvalue weighted by Gasteiger charge is -2.36. The summed E-state index contributed by atoms with van der Waals surface area (Å²) >= 11 is 2.45. The quantitative estimate of drug-likeness (QED) is 0.0633. The molecule has 0 atom stereocenters. The molecule has 3 N–H and O–H groups in total. The fourth-order valence-electron chi connectivity index (χ4n) is 6.68. The Morgan fingerprint density at radius 2 is 1.25 bits per heavy atom. The van der Waals surface area contributed by atoms with Crippen molar-refractivity contribution in [2.24, 2.45) is 5.92 Å². The van der Waals surface area contributed by atoms with Gasteiger partial charge < -0.3 is 20.3 Å². The van der Waals surface area contributed by atoms with Crippen molar-refractivity contribution in [2.45, 2.75) is 39.2 Å². The van der Waals surface area contributed by atoms with Crippen LogP contribution in [0.3, 0.4) is 0 Å². The number of ether oxygens (including phenoxy) is 1. The van der Waals surface area contributed by atoms with Gasteiger partial charge in [0.15, 0.2) is 0 Å². The number of aliphatic carboxylic acids is 2. The number of nitrogens with one attached hydrogen (secondary N) is 1. The maximum atomic E-state index is 14.2. The van der Waals surface area contributed by atoms with Gasteiger partial charge in [-0.1, -0.05) is 96.7 Å². The molecular formula is C47H48F2N8O8S2. The molecule has 16 nitrogen and oxygen atoms in total. The van der Waals surface area contributed by atoms with Crippen LogP contribution in [0.1, 0.15) is 69.2 Å². The van der Waals surface area contributed by atoms with Crippen molar-refractivity contribution in [3.05, 3.63) is 131 Å². The van der Waals surface area contributed by atoms with Crippen LogP contribution in [-0.2, 0) is 20.9 Å². The van der Waals surface area contributed by atoms with Crippen LogP contribution < -0.4 is 15.1 Å². The Morgan fingerprint density at radius 1 is 0.731 bits per heavy atom. The highest BCUT2D eigenvalue weighted by Gasteiger charge is 2.32. The van der Waals surface area contributed by atoms with E-state index in [0.717, 1.165) is 29.5 Å². The fraction of sp³-hybridized carbons (Fsp3) is 0.298. The van der Waals surface area contributed by atoms with E-state index in [0.29, 0.717) is 58.4 Å². The second-order valence-electron chi connectivity index (χ2n) is 15.3. The highest BCUT2D eigenvalue weighted by atomic mass is 32.1. The van der Waals surface area contributed by atoms with E-state index in [9.17, 15) is 32.8 Å². The first-order valence-corrected chi connectivity index (χ1v) is 22.9. The third-order valence-electron chi connectivity index (χ3n) is 10.4. The van der Waals surface area contributed by atoms with Gasteiger partial charge in [-0.2, -0.15) is 0 Å². The minimum atomic E-state index is -0.904. The molecule has 3 heterocycles. The molecule has 7 rings (SSSR count). The van der Waals surface area contributed by atoms with E-state index < -0.39 is 35.4 Å². The Balaban J connectivity index is 0.000000221. The predicted molar refractivity (Wildman–Crippen MR) is 249 cm³/mol. The maximum Gasteiger partial charge on any atom is 0.309 e. The molecule has 20 heteroatoms. The summed E-state index contributed by atoms with van der Waals surface area (Å²) in [6, 6.07) is 26.2. The molecule has 1 saturated heterocycles. The van der Waals surface area contributed by atoms with E-state index in [-0.39, 0.29) is 49.1 Å². The molecule has 0 radical (unpaired) electrons. The number of methoxy groups -OCH3 is 1. The summed E-state index contributed by atoms with van der Waals surface area (Å²) in [4.78, 5) is 64.6. The average Bonchev–Trinajstić information content (AvgIpc) is 4.01. The lowest BCUT2D eigenvalue weighted by atomic mass is 9.99. The number of carbonyl (C=O) groups is 5. The summed E-state index contributed by atoms with van der Waals surface area (Å²) in [7, 11) is 1.53. The third-order valence-corrected chi connectivity index (χ3v) is 12.4. The zero-order valence-electron chi connectivity index (χ0n) is 36.6. The Kier molecular flexibility index (Phi) is 17.8. The molecule has 4 aromatic carbocycles. The maximum absolute atomic E-state index is 14.2.